The van der Waals surface area contributed by atoms with Crippen molar-refractivity contribution in [2.24, 2.45) is 5.92 Å². The molecule has 2 aliphatic rings. The Morgan fingerprint density at radius 3 is 3.17 bits per heavy atom. The largest absolute Gasteiger partial charge is 0.356 e. The lowest BCUT2D eigenvalue weighted by molar-refractivity contribution is 0.400. The van der Waals surface area contributed by atoms with Gasteiger partial charge in [-0.15, -0.1) is 0 Å². The van der Waals surface area contributed by atoms with E-state index in [4.69, 9.17) is 0 Å². The summed E-state index contributed by atoms with van der Waals surface area (Å²) in [6, 6.07) is 0. The van der Waals surface area contributed by atoms with Crippen molar-refractivity contribution in [3.8, 4) is 0 Å². The van der Waals surface area contributed by atoms with Crippen LogP contribution < -0.4 is 10.2 Å². The van der Waals surface area contributed by atoms with Crippen LogP contribution in [0.2, 0.25) is 0 Å². The highest BCUT2D eigenvalue weighted by Crippen LogP contribution is 2.30. The first-order chi connectivity index (χ1) is 8.88. The van der Waals surface area contributed by atoms with E-state index in [2.05, 4.69) is 20.2 Å². The van der Waals surface area contributed by atoms with Gasteiger partial charge in [-0.05, 0) is 51.6 Å². The topological polar surface area (TPSA) is 41.0 Å². The van der Waals surface area contributed by atoms with Crippen LogP contribution in [0.5, 0.6) is 0 Å². The molecule has 1 fully saturated rings. The summed E-state index contributed by atoms with van der Waals surface area (Å²) < 4.78 is 0. The summed E-state index contributed by atoms with van der Waals surface area (Å²) in [5, 5.41) is 3.30. The molecule has 0 spiro atoms. The van der Waals surface area contributed by atoms with Crippen LogP contribution in [0.1, 0.15) is 30.5 Å². The number of nitrogens with one attached hydrogen (secondary N) is 1. The van der Waals surface area contributed by atoms with Gasteiger partial charge in [0.1, 0.15) is 12.1 Å². The summed E-state index contributed by atoms with van der Waals surface area (Å²) in [4.78, 5) is 11.5. The molecule has 1 aromatic rings. The Hall–Kier alpha value is -1.16. The first-order valence-electron chi connectivity index (χ1n) is 7.11. The van der Waals surface area contributed by atoms with E-state index in [0.29, 0.717) is 0 Å². The average molecular weight is 246 g/mol. The fourth-order valence-electron chi connectivity index (χ4n) is 3.33. The number of anilines is 1. The maximum Gasteiger partial charge on any atom is 0.135 e. The maximum absolute atomic E-state index is 4.56. The molecule has 18 heavy (non-hydrogen) atoms. The molecule has 3 rings (SSSR count). The fraction of sp³-hybridized carbons (Fsp3) is 0.714. The molecule has 4 nitrogen and oxygen atoms in total. The normalized spacial score (nSPS) is 23.2. The van der Waals surface area contributed by atoms with E-state index < -0.39 is 0 Å². The van der Waals surface area contributed by atoms with Crippen LogP contribution in [0.4, 0.5) is 5.82 Å². The van der Waals surface area contributed by atoms with Gasteiger partial charge in [-0.2, -0.15) is 0 Å². The van der Waals surface area contributed by atoms with Crippen molar-refractivity contribution in [3.05, 3.63) is 17.6 Å². The predicted molar refractivity (Wildman–Crippen MR) is 72.9 cm³/mol. The Morgan fingerprint density at radius 1 is 1.33 bits per heavy atom. The van der Waals surface area contributed by atoms with Gasteiger partial charge >= 0.3 is 0 Å². The number of rotatable bonds is 3. The Labute approximate surface area is 109 Å². The SMILES string of the molecule is CNCC1CCCN(c2ncnc3c2CCC3)C1. The molecule has 98 valence electrons. The zero-order chi connectivity index (χ0) is 12.4. The predicted octanol–water partition coefficient (Wildman–Crippen LogP) is 1.40. The molecule has 2 heterocycles. The van der Waals surface area contributed by atoms with Gasteiger partial charge in [0.25, 0.3) is 0 Å². The lowest BCUT2D eigenvalue weighted by Crippen LogP contribution is -2.40. The van der Waals surface area contributed by atoms with Gasteiger partial charge in [0.2, 0.25) is 0 Å². The smallest absolute Gasteiger partial charge is 0.135 e. The fourth-order valence-corrected chi connectivity index (χ4v) is 3.33. The van der Waals surface area contributed by atoms with E-state index in [0.717, 1.165) is 32.0 Å². The molecule has 0 radical (unpaired) electrons. The standard InChI is InChI=1S/C14H22N4/c1-15-8-11-4-3-7-18(9-11)14-12-5-2-6-13(12)16-10-17-14/h10-11,15H,2-9H2,1H3. The minimum atomic E-state index is 0.760. The number of nitrogens with zero attached hydrogens (tertiary/aromatic N) is 3. The Kier molecular flexibility index (Phi) is 3.46. The number of aromatic nitrogens is 2. The number of fused-ring (bicyclic) bond motifs is 1. The van der Waals surface area contributed by atoms with Crippen LogP contribution in [0.25, 0.3) is 0 Å². The van der Waals surface area contributed by atoms with E-state index in [-0.39, 0.29) is 0 Å². The second kappa shape index (κ2) is 5.22. The van der Waals surface area contributed by atoms with E-state index in [1.807, 2.05) is 7.05 Å². The molecule has 0 aromatic carbocycles. The minimum absolute atomic E-state index is 0.760. The number of hydrogen-bond acceptors (Lipinski definition) is 4. The molecule has 0 amide bonds. The number of aryl methyl sites for hydroxylation is 1. The molecule has 0 bridgehead atoms. The van der Waals surface area contributed by atoms with Crippen molar-refractivity contribution in [3.63, 3.8) is 0 Å². The highest BCUT2D eigenvalue weighted by atomic mass is 15.2. The second-order valence-electron chi connectivity index (χ2n) is 5.49. The first kappa shape index (κ1) is 11.9. The molecular formula is C14H22N4. The van der Waals surface area contributed by atoms with Gasteiger partial charge < -0.3 is 10.2 Å². The lowest BCUT2D eigenvalue weighted by atomic mass is 9.97. The molecule has 1 unspecified atom stereocenters. The highest BCUT2D eigenvalue weighted by Gasteiger charge is 2.25. The van der Waals surface area contributed by atoms with Crippen LogP contribution in [-0.4, -0.2) is 36.6 Å². The second-order valence-corrected chi connectivity index (χ2v) is 5.49. The monoisotopic (exact) mass is 246 g/mol. The van der Waals surface area contributed by atoms with Gasteiger partial charge in [-0.25, -0.2) is 9.97 Å². The Balaban J connectivity index is 1.80. The lowest BCUT2D eigenvalue weighted by Gasteiger charge is -2.34. The summed E-state index contributed by atoms with van der Waals surface area (Å²) in [6.45, 7) is 3.41. The Morgan fingerprint density at radius 2 is 2.28 bits per heavy atom. The summed E-state index contributed by atoms with van der Waals surface area (Å²) >= 11 is 0. The maximum atomic E-state index is 4.56. The number of piperidine rings is 1. The van der Waals surface area contributed by atoms with E-state index in [1.165, 1.54) is 42.8 Å². The molecule has 1 N–H and O–H groups in total. The van der Waals surface area contributed by atoms with Gasteiger partial charge in [0, 0.05) is 24.3 Å². The van der Waals surface area contributed by atoms with Gasteiger partial charge in [-0.1, -0.05) is 0 Å². The molecule has 0 saturated carbocycles. The van der Waals surface area contributed by atoms with E-state index in [9.17, 15) is 0 Å². The zero-order valence-electron chi connectivity index (χ0n) is 11.2. The third-order valence-electron chi connectivity index (χ3n) is 4.16. The van der Waals surface area contributed by atoms with Crippen LogP contribution in [0.15, 0.2) is 6.33 Å². The van der Waals surface area contributed by atoms with Crippen molar-refractivity contribution in [2.45, 2.75) is 32.1 Å². The third-order valence-corrected chi connectivity index (χ3v) is 4.16. The van der Waals surface area contributed by atoms with Gasteiger partial charge in [-0.3, -0.25) is 0 Å². The molecule has 1 atom stereocenters. The molecular weight excluding hydrogens is 224 g/mol. The number of hydrogen-bond donors (Lipinski definition) is 1. The third kappa shape index (κ3) is 2.21. The molecule has 1 saturated heterocycles. The van der Waals surface area contributed by atoms with Crippen LogP contribution in [0, 0.1) is 5.92 Å². The van der Waals surface area contributed by atoms with E-state index in [1.54, 1.807) is 6.33 Å². The van der Waals surface area contributed by atoms with Crippen LogP contribution in [-0.2, 0) is 12.8 Å². The molecule has 4 heteroatoms. The Bertz CT molecular complexity index is 416. The van der Waals surface area contributed by atoms with Crippen LogP contribution >= 0.6 is 0 Å². The van der Waals surface area contributed by atoms with Crippen molar-refractivity contribution in [1.29, 1.82) is 0 Å². The highest BCUT2D eigenvalue weighted by molar-refractivity contribution is 5.50. The van der Waals surface area contributed by atoms with Crippen molar-refractivity contribution in [2.75, 3.05) is 31.6 Å². The quantitative estimate of drug-likeness (QED) is 0.875. The van der Waals surface area contributed by atoms with Gasteiger partial charge in [0.05, 0.1) is 0 Å². The van der Waals surface area contributed by atoms with Crippen molar-refractivity contribution >= 4 is 5.82 Å². The first-order valence-corrected chi connectivity index (χ1v) is 7.11. The van der Waals surface area contributed by atoms with Crippen molar-refractivity contribution in [1.82, 2.24) is 15.3 Å². The molecule has 1 aliphatic heterocycles. The van der Waals surface area contributed by atoms with E-state index >= 15 is 0 Å². The minimum Gasteiger partial charge on any atom is -0.356 e. The zero-order valence-corrected chi connectivity index (χ0v) is 11.2. The molecule has 1 aliphatic carbocycles. The molecule has 1 aromatic heterocycles. The van der Waals surface area contributed by atoms with Crippen LogP contribution in [0.3, 0.4) is 0 Å². The van der Waals surface area contributed by atoms with Crippen molar-refractivity contribution < 1.29 is 0 Å². The average Bonchev–Trinajstić information content (AvgIpc) is 2.87. The van der Waals surface area contributed by atoms with Gasteiger partial charge in [0.15, 0.2) is 0 Å². The summed E-state index contributed by atoms with van der Waals surface area (Å²) in [6.07, 6.45) is 7.92. The summed E-state index contributed by atoms with van der Waals surface area (Å²) in [7, 11) is 2.04. The summed E-state index contributed by atoms with van der Waals surface area (Å²) in [5.74, 6) is 1.98. The summed E-state index contributed by atoms with van der Waals surface area (Å²) in [5.41, 5.74) is 2.71.